The molecule has 5 heteroatoms. The Kier molecular flexibility index (Phi) is 4.01. The molecule has 0 saturated carbocycles. The number of halogens is 3. The highest BCUT2D eigenvalue weighted by atomic mass is 19.4. The fourth-order valence-electron chi connectivity index (χ4n) is 4.45. The van der Waals surface area contributed by atoms with E-state index in [1.165, 1.54) is 0 Å². The second-order valence-electron chi connectivity index (χ2n) is 8.01. The van der Waals surface area contributed by atoms with Crippen LogP contribution in [-0.4, -0.2) is 0 Å². The molecule has 0 fully saturated rings. The second-order valence-corrected chi connectivity index (χ2v) is 8.01. The molecule has 1 aromatic heterocycles. The predicted octanol–water partition coefficient (Wildman–Crippen LogP) is 6.83. The van der Waals surface area contributed by atoms with Crippen LogP contribution in [-0.2, 0) is 19.0 Å². The van der Waals surface area contributed by atoms with Crippen LogP contribution in [0.4, 0.5) is 13.2 Å². The number of hydrogen-bond donors (Lipinski definition) is 1. The van der Waals surface area contributed by atoms with Crippen LogP contribution in [0.1, 0.15) is 27.8 Å². The molecule has 0 aliphatic heterocycles. The molecule has 1 aliphatic carbocycles. The van der Waals surface area contributed by atoms with Gasteiger partial charge in [-0.05, 0) is 54.7 Å². The largest absolute Gasteiger partial charge is 0.455 e. The summed E-state index contributed by atoms with van der Waals surface area (Å²) in [5.74, 6) is 0. The van der Waals surface area contributed by atoms with E-state index in [9.17, 15) is 13.2 Å². The van der Waals surface area contributed by atoms with Crippen molar-refractivity contribution in [2.45, 2.75) is 32.9 Å². The minimum atomic E-state index is -4.53. The normalized spacial score (nSPS) is 14.2. The van der Waals surface area contributed by atoms with E-state index in [0.29, 0.717) is 34.0 Å². The molecular weight excluding hydrogens is 387 g/mol. The molecule has 0 radical (unpaired) electrons. The average Bonchev–Trinajstić information content (AvgIpc) is 3.05. The minimum Gasteiger partial charge on any atom is -0.455 e. The van der Waals surface area contributed by atoms with Crippen molar-refractivity contribution < 1.29 is 17.6 Å². The Morgan fingerprint density at radius 2 is 1.67 bits per heavy atom. The summed E-state index contributed by atoms with van der Waals surface area (Å²) in [5.41, 5.74) is 10.8. The van der Waals surface area contributed by atoms with Crippen LogP contribution < -0.4 is 5.73 Å². The van der Waals surface area contributed by atoms with Gasteiger partial charge in [-0.2, -0.15) is 13.2 Å². The Morgan fingerprint density at radius 1 is 0.933 bits per heavy atom. The van der Waals surface area contributed by atoms with E-state index in [0.717, 1.165) is 22.3 Å². The number of alkyl halides is 3. The fraction of sp³-hybridized carbons (Fsp3) is 0.200. The van der Waals surface area contributed by atoms with Gasteiger partial charge in [0.25, 0.3) is 0 Å². The summed E-state index contributed by atoms with van der Waals surface area (Å²) < 4.78 is 48.3. The molecule has 1 heterocycles. The Morgan fingerprint density at radius 3 is 2.37 bits per heavy atom. The lowest BCUT2D eigenvalue weighted by molar-refractivity contribution is -0.137. The van der Waals surface area contributed by atoms with Gasteiger partial charge in [-0.25, -0.2) is 0 Å². The number of hydrogen-bond acceptors (Lipinski definition) is 2. The standard InChI is InChI=1S/C25H20F3NO/c1-13-3-5-15(6-4-13)18-9-10-19-21-11-16-7-8-17(29)12-20(16)22(25(26,27)28)24(21)30-23(19)14(18)2/h3-6,8-11H,7,12,29H2,1-2H3. The summed E-state index contributed by atoms with van der Waals surface area (Å²) in [6, 6.07) is 13.7. The highest BCUT2D eigenvalue weighted by molar-refractivity contribution is 6.09. The van der Waals surface area contributed by atoms with Crippen LogP contribution in [0.25, 0.3) is 33.1 Å². The molecule has 0 bridgehead atoms. The smallest absolute Gasteiger partial charge is 0.420 e. The number of rotatable bonds is 1. The van der Waals surface area contributed by atoms with E-state index >= 15 is 0 Å². The van der Waals surface area contributed by atoms with E-state index in [2.05, 4.69) is 0 Å². The predicted molar refractivity (Wildman–Crippen MR) is 113 cm³/mol. The number of benzene rings is 3. The first kappa shape index (κ1) is 18.8. The zero-order valence-electron chi connectivity index (χ0n) is 16.7. The number of furan rings is 1. The topological polar surface area (TPSA) is 39.2 Å². The Bertz CT molecular complexity index is 1340. The van der Waals surface area contributed by atoms with Crippen molar-refractivity contribution in [3.05, 3.63) is 82.1 Å². The van der Waals surface area contributed by atoms with Crippen molar-refractivity contribution in [3.8, 4) is 11.1 Å². The molecule has 1 aliphatic rings. The SMILES string of the molecule is Cc1ccc(-c2ccc3c(oc4c(C(F)(F)F)c5c(cc43)CC=C(N)C5)c2C)cc1. The molecule has 3 aromatic carbocycles. The maximum Gasteiger partial charge on any atom is 0.420 e. The van der Waals surface area contributed by atoms with Gasteiger partial charge in [0.1, 0.15) is 16.7 Å². The van der Waals surface area contributed by atoms with Crippen molar-refractivity contribution in [1.82, 2.24) is 0 Å². The maximum atomic E-state index is 14.1. The summed E-state index contributed by atoms with van der Waals surface area (Å²) in [7, 11) is 0. The fourth-order valence-corrected chi connectivity index (χ4v) is 4.45. The highest BCUT2D eigenvalue weighted by Crippen LogP contribution is 2.45. The maximum absolute atomic E-state index is 14.1. The van der Waals surface area contributed by atoms with Gasteiger partial charge in [0.15, 0.2) is 0 Å². The molecule has 0 amide bonds. The summed E-state index contributed by atoms with van der Waals surface area (Å²) in [5, 5.41) is 1.21. The molecule has 0 unspecified atom stereocenters. The Balaban J connectivity index is 1.83. The van der Waals surface area contributed by atoms with Crippen molar-refractivity contribution in [3.63, 3.8) is 0 Å². The van der Waals surface area contributed by atoms with E-state index in [4.69, 9.17) is 10.2 Å². The van der Waals surface area contributed by atoms with E-state index in [-0.39, 0.29) is 17.6 Å². The van der Waals surface area contributed by atoms with Crippen molar-refractivity contribution >= 4 is 21.9 Å². The Hall–Kier alpha value is -3.21. The average molecular weight is 407 g/mol. The molecule has 2 nitrogen and oxygen atoms in total. The molecular formula is C25H20F3NO. The molecule has 0 saturated heterocycles. The van der Waals surface area contributed by atoms with Crippen molar-refractivity contribution in [2.24, 2.45) is 5.73 Å². The van der Waals surface area contributed by atoms with Crippen LogP contribution >= 0.6 is 0 Å². The highest BCUT2D eigenvalue weighted by Gasteiger charge is 2.39. The first-order valence-electron chi connectivity index (χ1n) is 9.83. The van der Waals surface area contributed by atoms with Crippen LogP contribution in [0.2, 0.25) is 0 Å². The first-order valence-corrected chi connectivity index (χ1v) is 9.83. The summed E-state index contributed by atoms with van der Waals surface area (Å²) >= 11 is 0. The van der Waals surface area contributed by atoms with Gasteiger partial charge in [-0.1, -0.05) is 42.0 Å². The third-order valence-corrected chi connectivity index (χ3v) is 5.99. The van der Waals surface area contributed by atoms with Gasteiger partial charge in [-0.3, -0.25) is 0 Å². The number of fused-ring (bicyclic) bond motifs is 4. The van der Waals surface area contributed by atoms with Crippen LogP contribution in [0.15, 0.2) is 58.7 Å². The van der Waals surface area contributed by atoms with Gasteiger partial charge < -0.3 is 10.2 Å². The van der Waals surface area contributed by atoms with Gasteiger partial charge in [0.2, 0.25) is 0 Å². The first-order chi connectivity index (χ1) is 14.2. The molecule has 4 aromatic rings. The van der Waals surface area contributed by atoms with E-state index < -0.39 is 11.7 Å². The zero-order valence-corrected chi connectivity index (χ0v) is 16.7. The van der Waals surface area contributed by atoms with Crippen molar-refractivity contribution in [1.29, 1.82) is 0 Å². The van der Waals surface area contributed by atoms with E-state index in [1.54, 1.807) is 6.08 Å². The molecule has 5 rings (SSSR count). The third kappa shape index (κ3) is 2.80. The molecule has 0 spiro atoms. The van der Waals surface area contributed by atoms with Crippen LogP contribution in [0, 0.1) is 13.8 Å². The van der Waals surface area contributed by atoms with Gasteiger partial charge in [0.05, 0.1) is 0 Å². The lowest BCUT2D eigenvalue weighted by atomic mass is 9.88. The molecule has 2 N–H and O–H groups in total. The van der Waals surface area contributed by atoms with Crippen LogP contribution in [0.3, 0.4) is 0 Å². The molecule has 30 heavy (non-hydrogen) atoms. The molecule has 0 atom stereocenters. The third-order valence-electron chi connectivity index (χ3n) is 5.99. The Labute approximate surface area is 171 Å². The lowest BCUT2D eigenvalue weighted by Gasteiger charge is -2.20. The summed E-state index contributed by atoms with van der Waals surface area (Å²) in [6.07, 6.45) is -2.25. The lowest BCUT2D eigenvalue weighted by Crippen LogP contribution is -2.17. The van der Waals surface area contributed by atoms with Crippen LogP contribution in [0.5, 0.6) is 0 Å². The number of allylic oxidation sites excluding steroid dienone is 2. The second kappa shape index (κ2) is 6.39. The van der Waals surface area contributed by atoms with Gasteiger partial charge >= 0.3 is 6.18 Å². The summed E-state index contributed by atoms with van der Waals surface area (Å²) in [4.78, 5) is 0. The minimum absolute atomic E-state index is 0.0881. The number of nitrogens with two attached hydrogens (primary N) is 1. The quantitative estimate of drug-likeness (QED) is 0.376. The van der Waals surface area contributed by atoms with E-state index in [1.807, 2.05) is 56.3 Å². The monoisotopic (exact) mass is 407 g/mol. The van der Waals surface area contributed by atoms with Gasteiger partial charge in [-0.15, -0.1) is 0 Å². The van der Waals surface area contributed by atoms with Gasteiger partial charge in [0, 0.05) is 28.5 Å². The number of aryl methyl sites for hydroxylation is 2. The zero-order chi connectivity index (χ0) is 21.2. The van der Waals surface area contributed by atoms with Crippen molar-refractivity contribution in [2.75, 3.05) is 0 Å². The molecule has 152 valence electrons. The summed E-state index contributed by atoms with van der Waals surface area (Å²) in [6.45, 7) is 3.91.